The molecule has 0 aromatic heterocycles. The van der Waals surface area contributed by atoms with Gasteiger partial charge in [0.1, 0.15) is 13.2 Å². The third kappa shape index (κ3) is 65.6. The Kier molecular flexibility index (Phi) is 63.9. The molecule has 82 heavy (non-hydrogen) atoms. The lowest BCUT2D eigenvalue weighted by atomic mass is 10.1. The van der Waals surface area contributed by atoms with Gasteiger partial charge in [-0.3, -0.25) is 14.4 Å². The Morgan fingerprint density at radius 1 is 0.268 bits per heavy atom. The molecule has 1 unspecified atom stereocenters. The Morgan fingerprint density at radius 2 is 0.524 bits per heavy atom. The van der Waals surface area contributed by atoms with Crippen LogP contribution in [0.15, 0.2) is 170 Å². The second-order valence-electron chi connectivity index (χ2n) is 21.3. The average molecular weight is 1130 g/mol. The fraction of sp³-hybridized carbons (Fsp3) is 0.592. The zero-order chi connectivity index (χ0) is 59.2. The summed E-state index contributed by atoms with van der Waals surface area (Å²) in [5.41, 5.74) is 0. The predicted octanol–water partition coefficient (Wildman–Crippen LogP) is 23.0. The second kappa shape index (κ2) is 68.3. The molecule has 0 rings (SSSR count). The first-order valence-corrected chi connectivity index (χ1v) is 33.1. The first-order valence-electron chi connectivity index (χ1n) is 33.1. The summed E-state index contributed by atoms with van der Waals surface area (Å²) in [4.78, 5) is 38.3. The van der Waals surface area contributed by atoms with E-state index >= 15 is 0 Å². The van der Waals surface area contributed by atoms with Gasteiger partial charge in [-0.2, -0.15) is 0 Å². The zero-order valence-corrected chi connectivity index (χ0v) is 52.7. The normalized spacial score (nSPS) is 13.3. The molecule has 0 amide bonds. The van der Waals surface area contributed by atoms with Crippen molar-refractivity contribution in [2.45, 2.75) is 277 Å². The number of ether oxygens (including phenoxy) is 3. The van der Waals surface area contributed by atoms with Crippen LogP contribution in [-0.2, 0) is 28.6 Å². The molecule has 0 aliphatic carbocycles. The fourth-order valence-corrected chi connectivity index (χ4v) is 8.58. The first kappa shape index (κ1) is 76.8. The highest BCUT2D eigenvalue weighted by Gasteiger charge is 2.19. The van der Waals surface area contributed by atoms with E-state index in [0.717, 1.165) is 135 Å². The summed E-state index contributed by atoms with van der Waals surface area (Å²) in [6.07, 6.45) is 101. The number of hydrogen-bond acceptors (Lipinski definition) is 6. The predicted molar refractivity (Wildman–Crippen MR) is 357 cm³/mol. The van der Waals surface area contributed by atoms with Crippen molar-refractivity contribution < 1.29 is 28.6 Å². The van der Waals surface area contributed by atoms with E-state index in [4.69, 9.17) is 14.2 Å². The van der Waals surface area contributed by atoms with Crippen LogP contribution in [0.5, 0.6) is 0 Å². The molecule has 0 aliphatic heterocycles. The van der Waals surface area contributed by atoms with Crippen molar-refractivity contribution in [3.8, 4) is 0 Å². The lowest BCUT2D eigenvalue weighted by Crippen LogP contribution is -2.30. The van der Waals surface area contributed by atoms with E-state index in [1.54, 1.807) is 6.08 Å². The molecule has 0 fully saturated rings. The standard InChI is InChI=1S/C76H120O6/c1-4-7-10-13-16-19-22-25-28-30-32-33-34-35-36-37-38-39-40-41-42-43-44-46-48-51-54-57-60-63-66-69-75(78)81-72-73(71-80-74(77)68-65-62-59-56-53-50-47-27-24-21-18-15-12-9-6-3)82-76(79)70-67-64-61-58-55-52-49-45-31-29-26-23-20-17-14-11-8-5-2/h7,9-10,12,16,18-19,21,25,27-29,31-33,35-36,38-39,41-42,44,46-47,53,56,62,65,73H,4-6,8,11,13-15,17,20,22-24,26,30,34,37,40,43,45,48-52,54-55,57-61,63-64,66-72H2,1-3H3/b10-7-,12-9-,19-16-,21-18-,28-25-,31-29-,33-32-,36-35-,39-38-,42-41-,46-44-,47-27-,56-53-,65-62-. The van der Waals surface area contributed by atoms with E-state index in [1.165, 1.54) is 96.3 Å². The Morgan fingerprint density at radius 3 is 0.866 bits per heavy atom. The van der Waals surface area contributed by atoms with Gasteiger partial charge in [0.05, 0.1) is 6.42 Å². The van der Waals surface area contributed by atoms with Gasteiger partial charge in [-0.15, -0.1) is 0 Å². The summed E-state index contributed by atoms with van der Waals surface area (Å²) >= 11 is 0. The van der Waals surface area contributed by atoms with Crippen LogP contribution in [0.25, 0.3) is 0 Å². The Labute approximate surface area is 504 Å². The van der Waals surface area contributed by atoms with E-state index < -0.39 is 12.1 Å². The van der Waals surface area contributed by atoms with E-state index in [1.807, 2.05) is 6.08 Å². The highest BCUT2D eigenvalue weighted by atomic mass is 16.6. The molecule has 1 atom stereocenters. The Balaban J connectivity index is 4.45. The maximum absolute atomic E-state index is 12.9. The molecule has 0 aromatic rings. The van der Waals surface area contributed by atoms with Crippen LogP contribution in [0.1, 0.15) is 271 Å². The largest absolute Gasteiger partial charge is 0.462 e. The summed E-state index contributed by atoms with van der Waals surface area (Å²) in [6.45, 7) is 6.31. The number of hydrogen-bond donors (Lipinski definition) is 0. The third-order valence-corrected chi connectivity index (χ3v) is 13.5. The summed E-state index contributed by atoms with van der Waals surface area (Å²) < 4.78 is 16.8. The molecule has 0 heterocycles. The van der Waals surface area contributed by atoms with Crippen LogP contribution in [0.2, 0.25) is 0 Å². The first-order chi connectivity index (χ1) is 40.5. The molecule has 6 heteroatoms. The molecule has 0 spiro atoms. The van der Waals surface area contributed by atoms with E-state index in [-0.39, 0.29) is 31.6 Å². The molecule has 0 aromatic carbocycles. The quantitative estimate of drug-likeness (QED) is 0.0261. The van der Waals surface area contributed by atoms with Gasteiger partial charge >= 0.3 is 17.9 Å². The van der Waals surface area contributed by atoms with Crippen molar-refractivity contribution in [2.24, 2.45) is 0 Å². The number of esters is 3. The fourth-order valence-electron chi connectivity index (χ4n) is 8.58. The molecule has 0 saturated heterocycles. The molecular formula is C76H120O6. The van der Waals surface area contributed by atoms with E-state index in [9.17, 15) is 14.4 Å². The number of carbonyl (C=O) groups is 3. The maximum Gasteiger partial charge on any atom is 0.309 e. The topological polar surface area (TPSA) is 78.9 Å². The summed E-state index contributed by atoms with van der Waals surface area (Å²) in [6, 6.07) is 0. The van der Waals surface area contributed by atoms with Crippen molar-refractivity contribution >= 4 is 17.9 Å². The highest BCUT2D eigenvalue weighted by molar-refractivity contribution is 5.72. The monoisotopic (exact) mass is 1130 g/mol. The van der Waals surface area contributed by atoms with Crippen LogP contribution in [0, 0.1) is 0 Å². The molecule has 0 N–H and O–H groups in total. The minimum absolute atomic E-state index is 0.116. The van der Waals surface area contributed by atoms with Crippen molar-refractivity contribution in [3.63, 3.8) is 0 Å². The minimum atomic E-state index is -0.836. The van der Waals surface area contributed by atoms with Crippen LogP contribution in [0.3, 0.4) is 0 Å². The van der Waals surface area contributed by atoms with Crippen LogP contribution in [-0.4, -0.2) is 37.2 Å². The van der Waals surface area contributed by atoms with Gasteiger partial charge in [-0.05, 0) is 135 Å². The molecule has 460 valence electrons. The molecule has 6 nitrogen and oxygen atoms in total. The average Bonchev–Trinajstić information content (AvgIpc) is 3.47. The third-order valence-electron chi connectivity index (χ3n) is 13.5. The van der Waals surface area contributed by atoms with Gasteiger partial charge in [-0.25, -0.2) is 0 Å². The van der Waals surface area contributed by atoms with Crippen molar-refractivity contribution in [1.29, 1.82) is 0 Å². The Bertz CT molecular complexity index is 1870. The van der Waals surface area contributed by atoms with Crippen LogP contribution >= 0.6 is 0 Å². The van der Waals surface area contributed by atoms with Crippen molar-refractivity contribution in [3.05, 3.63) is 170 Å². The summed E-state index contributed by atoms with van der Waals surface area (Å²) in [5.74, 6) is -1.08. The number of allylic oxidation sites excluding steroid dienone is 27. The van der Waals surface area contributed by atoms with Crippen molar-refractivity contribution in [2.75, 3.05) is 13.2 Å². The lowest BCUT2D eigenvalue weighted by Gasteiger charge is -2.18. The van der Waals surface area contributed by atoms with Gasteiger partial charge in [-0.1, -0.05) is 287 Å². The SMILES string of the molecule is CC/C=C\C/C=C\C/C=C\C/C=C\C/C=C\C/C=C\C/C=C\C/C=C\CCCCCCCCC(=O)OCC(COC(=O)C/C=C\C/C=C\C/C=C\C/C=C\C/C=C\CC)OC(=O)CCCCCCCCC/C=C\CCCCCCCCC. The molecule has 0 radical (unpaired) electrons. The van der Waals surface area contributed by atoms with Crippen LogP contribution < -0.4 is 0 Å². The van der Waals surface area contributed by atoms with Gasteiger partial charge in [0.2, 0.25) is 0 Å². The van der Waals surface area contributed by atoms with E-state index in [0.29, 0.717) is 12.8 Å². The minimum Gasteiger partial charge on any atom is -0.462 e. The number of unbranched alkanes of at least 4 members (excludes halogenated alkanes) is 20. The molecule has 0 saturated carbocycles. The van der Waals surface area contributed by atoms with E-state index in [2.05, 4.69) is 179 Å². The Hall–Kier alpha value is -5.23. The van der Waals surface area contributed by atoms with Crippen LogP contribution in [0.4, 0.5) is 0 Å². The second-order valence-corrected chi connectivity index (χ2v) is 21.3. The maximum atomic E-state index is 12.9. The number of rotatable bonds is 58. The van der Waals surface area contributed by atoms with Gasteiger partial charge in [0, 0.05) is 12.8 Å². The number of carbonyl (C=O) groups excluding carboxylic acids is 3. The van der Waals surface area contributed by atoms with Gasteiger partial charge < -0.3 is 14.2 Å². The van der Waals surface area contributed by atoms with Gasteiger partial charge in [0.15, 0.2) is 6.10 Å². The summed E-state index contributed by atoms with van der Waals surface area (Å²) in [5, 5.41) is 0. The smallest absolute Gasteiger partial charge is 0.309 e. The highest BCUT2D eigenvalue weighted by Crippen LogP contribution is 2.14. The molecular weight excluding hydrogens is 1010 g/mol. The molecule has 0 aliphatic rings. The summed E-state index contributed by atoms with van der Waals surface area (Å²) in [7, 11) is 0. The lowest BCUT2D eigenvalue weighted by molar-refractivity contribution is -0.166. The zero-order valence-electron chi connectivity index (χ0n) is 52.7. The molecule has 0 bridgehead atoms. The van der Waals surface area contributed by atoms with Gasteiger partial charge in [0.25, 0.3) is 0 Å². The van der Waals surface area contributed by atoms with Crippen molar-refractivity contribution in [1.82, 2.24) is 0 Å².